The first-order valence-electron chi connectivity index (χ1n) is 12.5. The van der Waals surface area contributed by atoms with Crippen LogP contribution in [-0.2, 0) is 11.2 Å². The minimum absolute atomic E-state index is 0.161. The number of ether oxygens (including phenoxy) is 2. The van der Waals surface area contributed by atoms with E-state index in [0.717, 1.165) is 68.2 Å². The molecular weight excluding hydrogens is 408 g/mol. The van der Waals surface area contributed by atoms with Crippen LogP contribution in [0.3, 0.4) is 0 Å². The number of carbonyl (C=O) groups is 1. The Labute approximate surface area is 202 Å². The monoisotopic (exact) mass is 452 g/mol. The number of aryl methyl sites for hydroxylation is 1. The molecular formula is C30H44O3. The first kappa shape index (κ1) is 27.0. The Morgan fingerprint density at radius 2 is 1.61 bits per heavy atom. The van der Waals surface area contributed by atoms with E-state index in [2.05, 4.69) is 52.8 Å². The van der Waals surface area contributed by atoms with Crippen molar-refractivity contribution >= 4 is 5.97 Å². The molecule has 0 fully saturated rings. The predicted molar refractivity (Wildman–Crippen MR) is 139 cm³/mol. The maximum Gasteiger partial charge on any atom is 0.308 e. The molecule has 1 unspecified atom stereocenters. The Morgan fingerprint density at radius 3 is 2.21 bits per heavy atom. The fourth-order valence-electron chi connectivity index (χ4n) is 4.46. The highest BCUT2D eigenvalue weighted by molar-refractivity contribution is 5.70. The van der Waals surface area contributed by atoms with Gasteiger partial charge in [0, 0.05) is 12.5 Å². The molecule has 1 aromatic rings. The van der Waals surface area contributed by atoms with Crippen molar-refractivity contribution in [2.45, 2.75) is 112 Å². The largest absolute Gasteiger partial charge is 0.487 e. The predicted octanol–water partition coefficient (Wildman–Crippen LogP) is 8.51. The van der Waals surface area contributed by atoms with Crippen LogP contribution in [0.2, 0.25) is 0 Å². The number of hydrogen-bond acceptors (Lipinski definition) is 3. The third kappa shape index (κ3) is 8.53. The summed E-state index contributed by atoms with van der Waals surface area (Å²) in [7, 11) is 0. The van der Waals surface area contributed by atoms with Gasteiger partial charge < -0.3 is 9.47 Å². The smallest absolute Gasteiger partial charge is 0.308 e. The quantitative estimate of drug-likeness (QED) is 0.203. The second-order valence-electron chi connectivity index (χ2n) is 10.3. The van der Waals surface area contributed by atoms with E-state index in [0.29, 0.717) is 5.75 Å². The summed E-state index contributed by atoms with van der Waals surface area (Å²) < 4.78 is 12.0. The first-order valence-corrected chi connectivity index (χ1v) is 12.5. The summed E-state index contributed by atoms with van der Waals surface area (Å²) in [5, 5.41) is 0. The van der Waals surface area contributed by atoms with Gasteiger partial charge in [-0.05, 0) is 117 Å². The fourth-order valence-corrected chi connectivity index (χ4v) is 4.46. The van der Waals surface area contributed by atoms with E-state index < -0.39 is 0 Å². The maximum absolute atomic E-state index is 11.4. The van der Waals surface area contributed by atoms with Crippen molar-refractivity contribution in [1.29, 1.82) is 0 Å². The zero-order valence-electron chi connectivity index (χ0n) is 22.2. The van der Waals surface area contributed by atoms with Gasteiger partial charge in [0.15, 0.2) is 0 Å². The molecule has 3 nitrogen and oxygen atoms in total. The van der Waals surface area contributed by atoms with Crippen molar-refractivity contribution in [3.8, 4) is 11.5 Å². The van der Waals surface area contributed by atoms with E-state index in [1.807, 2.05) is 19.9 Å². The summed E-state index contributed by atoms with van der Waals surface area (Å²) in [6.45, 7) is 16.5. The lowest BCUT2D eigenvalue weighted by Crippen LogP contribution is -2.36. The summed E-state index contributed by atoms with van der Waals surface area (Å²) in [4.78, 5) is 11.4. The lowest BCUT2D eigenvalue weighted by molar-refractivity contribution is -0.131. The summed E-state index contributed by atoms with van der Waals surface area (Å²) in [5.74, 6) is 1.35. The van der Waals surface area contributed by atoms with Crippen LogP contribution in [0.5, 0.6) is 11.5 Å². The minimum atomic E-state index is -0.282. The molecule has 0 aliphatic carbocycles. The third-order valence-electron chi connectivity index (χ3n) is 6.60. The summed E-state index contributed by atoms with van der Waals surface area (Å²) in [6, 6.07) is 1.93. The molecule has 0 amide bonds. The van der Waals surface area contributed by atoms with E-state index in [9.17, 15) is 4.79 Å². The van der Waals surface area contributed by atoms with E-state index in [4.69, 9.17) is 9.47 Å². The number of benzene rings is 1. The molecule has 3 heteroatoms. The summed E-state index contributed by atoms with van der Waals surface area (Å²) in [6.07, 6.45) is 15.6. The maximum atomic E-state index is 11.4. The number of rotatable bonds is 10. The summed E-state index contributed by atoms with van der Waals surface area (Å²) in [5.41, 5.74) is 7.43. The van der Waals surface area contributed by atoms with Crippen LogP contribution in [0, 0.1) is 13.8 Å². The number of esters is 1. The third-order valence-corrected chi connectivity index (χ3v) is 6.60. The van der Waals surface area contributed by atoms with Crippen LogP contribution in [-0.4, -0.2) is 11.6 Å². The van der Waals surface area contributed by atoms with Gasteiger partial charge in [0.25, 0.3) is 0 Å². The Kier molecular flexibility index (Phi) is 10.0. The average molecular weight is 453 g/mol. The van der Waals surface area contributed by atoms with Gasteiger partial charge in [0.1, 0.15) is 17.1 Å². The Hall–Kier alpha value is -2.29. The normalized spacial score (nSPS) is 18.4. The molecule has 33 heavy (non-hydrogen) atoms. The Balaban J connectivity index is 1.90. The molecule has 0 saturated heterocycles. The van der Waals surface area contributed by atoms with Gasteiger partial charge >= 0.3 is 5.97 Å². The standard InChI is InChI=1S/C30H44O3/c1-21(2)12-9-13-22(3)14-10-15-23(4)16-11-18-30(8)19-17-27-25(6)28(32-26(7)31)20-24(5)29(27)33-30/h12,14,16,20H,9-11,13,15,17-19H2,1-8H3/b22-14+,23-16+. The van der Waals surface area contributed by atoms with Gasteiger partial charge in [-0.2, -0.15) is 0 Å². The molecule has 0 spiro atoms. The minimum Gasteiger partial charge on any atom is -0.487 e. The molecule has 1 aromatic carbocycles. The highest BCUT2D eigenvalue weighted by Gasteiger charge is 2.33. The molecule has 1 heterocycles. The van der Waals surface area contributed by atoms with Crippen LogP contribution >= 0.6 is 0 Å². The average Bonchev–Trinajstić information content (AvgIpc) is 2.71. The molecule has 0 aromatic heterocycles. The number of fused-ring (bicyclic) bond motifs is 1. The van der Waals surface area contributed by atoms with E-state index >= 15 is 0 Å². The van der Waals surface area contributed by atoms with Gasteiger partial charge in [-0.3, -0.25) is 4.79 Å². The fraction of sp³-hybridized carbons (Fsp3) is 0.567. The molecule has 2 rings (SSSR count). The Bertz CT molecular complexity index is 928. The molecule has 1 aliphatic rings. The van der Waals surface area contributed by atoms with Crippen molar-refractivity contribution in [1.82, 2.24) is 0 Å². The highest BCUT2D eigenvalue weighted by Crippen LogP contribution is 2.42. The lowest BCUT2D eigenvalue weighted by Gasteiger charge is -2.37. The lowest BCUT2D eigenvalue weighted by atomic mass is 9.86. The number of allylic oxidation sites excluding steroid dienone is 6. The molecule has 0 saturated carbocycles. The van der Waals surface area contributed by atoms with Crippen LogP contribution in [0.15, 0.2) is 41.0 Å². The van der Waals surface area contributed by atoms with Gasteiger partial charge in [0.05, 0.1) is 0 Å². The molecule has 1 aliphatic heterocycles. The van der Waals surface area contributed by atoms with Crippen molar-refractivity contribution in [2.75, 3.05) is 0 Å². The van der Waals surface area contributed by atoms with Crippen LogP contribution < -0.4 is 9.47 Å². The zero-order valence-corrected chi connectivity index (χ0v) is 22.2. The number of hydrogen-bond donors (Lipinski definition) is 0. The van der Waals surface area contributed by atoms with Crippen molar-refractivity contribution in [3.63, 3.8) is 0 Å². The molecule has 1 atom stereocenters. The van der Waals surface area contributed by atoms with Crippen molar-refractivity contribution in [2.24, 2.45) is 0 Å². The van der Waals surface area contributed by atoms with Crippen molar-refractivity contribution in [3.05, 3.63) is 57.7 Å². The second-order valence-corrected chi connectivity index (χ2v) is 10.3. The highest BCUT2D eigenvalue weighted by atomic mass is 16.5. The molecule has 182 valence electrons. The van der Waals surface area contributed by atoms with Crippen molar-refractivity contribution < 1.29 is 14.3 Å². The molecule has 0 radical (unpaired) electrons. The van der Waals surface area contributed by atoms with E-state index in [1.54, 1.807) is 0 Å². The van der Waals surface area contributed by atoms with Crippen LogP contribution in [0.25, 0.3) is 0 Å². The van der Waals surface area contributed by atoms with E-state index in [1.165, 1.54) is 29.2 Å². The molecule has 0 N–H and O–H groups in total. The molecule has 0 bridgehead atoms. The van der Waals surface area contributed by atoms with Gasteiger partial charge in [-0.25, -0.2) is 0 Å². The van der Waals surface area contributed by atoms with Gasteiger partial charge in [0.2, 0.25) is 0 Å². The van der Waals surface area contributed by atoms with Gasteiger partial charge in [-0.15, -0.1) is 0 Å². The topological polar surface area (TPSA) is 35.5 Å². The Morgan fingerprint density at radius 1 is 1.00 bits per heavy atom. The van der Waals surface area contributed by atoms with Crippen LogP contribution in [0.4, 0.5) is 0 Å². The van der Waals surface area contributed by atoms with Crippen LogP contribution in [0.1, 0.15) is 103 Å². The second kappa shape index (κ2) is 12.3. The van der Waals surface area contributed by atoms with Gasteiger partial charge in [-0.1, -0.05) is 34.9 Å². The zero-order chi connectivity index (χ0) is 24.6. The first-order chi connectivity index (χ1) is 15.5. The summed E-state index contributed by atoms with van der Waals surface area (Å²) >= 11 is 0. The number of carbonyl (C=O) groups excluding carboxylic acids is 1. The SMILES string of the molecule is CC(=O)Oc1cc(C)c2c(c1C)CCC(C)(CC/C=C(\C)CC/C=C(\C)CCC=C(C)C)O2. The van der Waals surface area contributed by atoms with E-state index in [-0.39, 0.29) is 11.6 Å².